The molecule has 3 rings (SSSR count). The summed E-state index contributed by atoms with van der Waals surface area (Å²) in [5, 5.41) is 9.61. The van der Waals surface area contributed by atoms with E-state index in [0.717, 1.165) is 16.7 Å². The van der Waals surface area contributed by atoms with Gasteiger partial charge in [0.25, 0.3) is 0 Å². The van der Waals surface area contributed by atoms with Crippen molar-refractivity contribution in [1.29, 1.82) is 0 Å². The second kappa shape index (κ2) is 6.05. The summed E-state index contributed by atoms with van der Waals surface area (Å²) in [6, 6.07) is 12.4. The predicted octanol–water partition coefficient (Wildman–Crippen LogP) is 3.93. The molecule has 7 heteroatoms. The summed E-state index contributed by atoms with van der Waals surface area (Å²) in [5.74, 6) is 0.383. The molecule has 0 amide bonds. The van der Waals surface area contributed by atoms with Crippen molar-refractivity contribution in [3.63, 3.8) is 0 Å². The zero-order valence-electron chi connectivity index (χ0n) is 13.1. The first-order chi connectivity index (χ1) is 11.3. The summed E-state index contributed by atoms with van der Waals surface area (Å²) >= 11 is 6.45. The van der Waals surface area contributed by atoms with Gasteiger partial charge in [0.05, 0.1) is 4.90 Å². The molecule has 3 aromatic rings. The van der Waals surface area contributed by atoms with E-state index in [1.807, 2.05) is 37.3 Å². The van der Waals surface area contributed by atoms with Gasteiger partial charge in [-0.05, 0) is 31.0 Å². The zero-order valence-corrected chi connectivity index (χ0v) is 14.6. The number of nitrogens with two attached hydrogens (primary N) is 1. The van der Waals surface area contributed by atoms with Crippen LogP contribution in [0, 0.1) is 13.8 Å². The van der Waals surface area contributed by atoms with Gasteiger partial charge in [0.15, 0.2) is 5.76 Å². The van der Waals surface area contributed by atoms with Crippen molar-refractivity contribution < 1.29 is 12.9 Å². The van der Waals surface area contributed by atoms with E-state index in [2.05, 4.69) is 5.16 Å². The van der Waals surface area contributed by atoms with Gasteiger partial charge in [-0.15, -0.1) is 0 Å². The van der Waals surface area contributed by atoms with Crippen LogP contribution in [0.3, 0.4) is 0 Å². The Morgan fingerprint density at radius 3 is 2.38 bits per heavy atom. The van der Waals surface area contributed by atoms with Crippen molar-refractivity contribution in [2.75, 3.05) is 0 Å². The van der Waals surface area contributed by atoms with E-state index in [1.54, 1.807) is 13.0 Å². The highest BCUT2D eigenvalue weighted by Crippen LogP contribution is 2.40. The summed E-state index contributed by atoms with van der Waals surface area (Å²) in [7, 11) is -3.93. The molecule has 124 valence electrons. The largest absolute Gasteiger partial charge is 0.354 e. The maximum atomic E-state index is 12.0. The molecule has 24 heavy (non-hydrogen) atoms. The molecular weight excluding hydrogens is 348 g/mol. The predicted molar refractivity (Wildman–Crippen MR) is 93.2 cm³/mol. The molecule has 0 saturated heterocycles. The Kier molecular flexibility index (Phi) is 4.21. The van der Waals surface area contributed by atoms with E-state index in [1.165, 1.54) is 6.07 Å². The number of halogens is 1. The van der Waals surface area contributed by atoms with Crippen molar-refractivity contribution >= 4 is 21.6 Å². The van der Waals surface area contributed by atoms with Gasteiger partial charge < -0.3 is 4.52 Å². The highest BCUT2D eigenvalue weighted by atomic mass is 35.5. The summed E-state index contributed by atoms with van der Waals surface area (Å²) in [4.78, 5) is -0.0274. The van der Waals surface area contributed by atoms with Gasteiger partial charge in [-0.25, -0.2) is 13.6 Å². The molecule has 0 atom stereocenters. The molecular formula is C17H15ClN2O3S. The third-order valence-electron chi connectivity index (χ3n) is 3.91. The molecule has 0 bridgehead atoms. The number of hydrogen-bond acceptors (Lipinski definition) is 4. The summed E-state index contributed by atoms with van der Waals surface area (Å²) in [6.45, 7) is 3.67. The Hall–Kier alpha value is -2.15. The quantitative estimate of drug-likeness (QED) is 0.764. The lowest BCUT2D eigenvalue weighted by Gasteiger charge is -2.11. The topological polar surface area (TPSA) is 86.2 Å². The average molecular weight is 363 g/mol. The van der Waals surface area contributed by atoms with E-state index >= 15 is 0 Å². The van der Waals surface area contributed by atoms with Crippen LogP contribution in [0.15, 0.2) is 51.9 Å². The summed E-state index contributed by atoms with van der Waals surface area (Å²) < 4.78 is 29.3. The van der Waals surface area contributed by atoms with Crippen molar-refractivity contribution in [2.45, 2.75) is 18.7 Å². The second-order valence-electron chi connectivity index (χ2n) is 5.47. The molecule has 2 aromatic carbocycles. The van der Waals surface area contributed by atoms with Crippen LogP contribution in [-0.2, 0) is 10.0 Å². The smallest absolute Gasteiger partial charge is 0.238 e. The molecule has 0 aliphatic rings. The van der Waals surface area contributed by atoms with E-state index < -0.39 is 10.0 Å². The number of aromatic nitrogens is 1. The minimum absolute atomic E-state index is 0.0274. The highest BCUT2D eigenvalue weighted by molar-refractivity contribution is 7.89. The van der Waals surface area contributed by atoms with Crippen LogP contribution in [-0.4, -0.2) is 13.6 Å². The highest BCUT2D eigenvalue weighted by Gasteiger charge is 2.25. The number of rotatable bonds is 3. The zero-order chi connectivity index (χ0) is 17.5. The Morgan fingerprint density at radius 1 is 1.08 bits per heavy atom. The van der Waals surface area contributed by atoms with Crippen molar-refractivity contribution in [2.24, 2.45) is 5.14 Å². The van der Waals surface area contributed by atoms with Crippen molar-refractivity contribution in [1.82, 2.24) is 5.16 Å². The molecule has 2 N–H and O–H groups in total. The number of aryl methyl sites for hydroxylation is 1. The van der Waals surface area contributed by atoms with E-state index in [4.69, 9.17) is 21.3 Å². The molecule has 0 aliphatic heterocycles. The van der Waals surface area contributed by atoms with E-state index in [9.17, 15) is 8.42 Å². The Morgan fingerprint density at radius 2 is 1.75 bits per heavy atom. The molecule has 0 aliphatic carbocycles. The lowest BCUT2D eigenvalue weighted by atomic mass is 10.00. The van der Waals surface area contributed by atoms with Crippen LogP contribution in [0.25, 0.3) is 22.6 Å². The first-order valence-corrected chi connectivity index (χ1v) is 9.07. The molecule has 0 saturated carbocycles. The Bertz CT molecular complexity index is 1010. The fourth-order valence-corrected chi connectivity index (χ4v) is 3.59. The lowest BCUT2D eigenvalue weighted by Crippen LogP contribution is -2.14. The first kappa shape index (κ1) is 16.7. The number of sulfonamides is 1. The molecule has 0 fully saturated rings. The summed E-state index contributed by atoms with van der Waals surface area (Å²) in [5.41, 5.74) is 3.02. The minimum atomic E-state index is -3.93. The van der Waals surface area contributed by atoms with E-state index in [0.29, 0.717) is 11.3 Å². The van der Waals surface area contributed by atoms with Crippen LogP contribution >= 0.6 is 11.6 Å². The van der Waals surface area contributed by atoms with Gasteiger partial charge in [-0.2, -0.15) is 0 Å². The first-order valence-electron chi connectivity index (χ1n) is 7.14. The third-order valence-corrected chi connectivity index (χ3v) is 5.22. The van der Waals surface area contributed by atoms with Gasteiger partial charge in [0.2, 0.25) is 10.0 Å². The third kappa shape index (κ3) is 2.84. The number of primary sulfonamides is 1. The Balaban J connectivity index is 2.29. The molecule has 0 unspecified atom stereocenters. The van der Waals surface area contributed by atoms with Gasteiger partial charge in [-0.1, -0.05) is 53.2 Å². The molecule has 0 radical (unpaired) electrons. The van der Waals surface area contributed by atoms with E-state index in [-0.39, 0.29) is 15.6 Å². The van der Waals surface area contributed by atoms with Gasteiger partial charge in [-0.3, -0.25) is 0 Å². The minimum Gasteiger partial charge on any atom is -0.354 e. The van der Waals surface area contributed by atoms with Gasteiger partial charge >= 0.3 is 0 Å². The number of benzene rings is 2. The number of hydrogen-bond donors (Lipinski definition) is 1. The van der Waals surface area contributed by atoms with Crippen molar-refractivity contribution in [3.05, 3.63) is 58.6 Å². The standard InChI is InChI=1S/C17H15ClN2O3S/c1-10-8-9-13(24(19,21)22)14(11(10)2)16-15(18)17(23-20-16)12-6-4-3-5-7-12/h3-9H,1-2H3,(H2,19,21,22). The van der Waals surface area contributed by atoms with Crippen molar-refractivity contribution in [3.8, 4) is 22.6 Å². The molecule has 5 nitrogen and oxygen atoms in total. The van der Waals surface area contributed by atoms with Crippen LogP contribution in [0.2, 0.25) is 5.02 Å². The molecule has 1 aromatic heterocycles. The lowest BCUT2D eigenvalue weighted by molar-refractivity contribution is 0.434. The van der Waals surface area contributed by atoms with Crippen LogP contribution < -0.4 is 5.14 Å². The molecule has 1 heterocycles. The maximum absolute atomic E-state index is 12.0. The summed E-state index contributed by atoms with van der Waals surface area (Å²) in [6.07, 6.45) is 0. The van der Waals surface area contributed by atoms with Crippen LogP contribution in [0.4, 0.5) is 0 Å². The van der Waals surface area contributed by atoms with Crippen LogP contribution in [0.1, 0.15) is 11.1 Å². The molecule has 0 spiro atoms. The number of nitrogens with zero attached hydrogens (tertiary/aromatic N) is 1. The van der Waals surface area contributed by atoms with Gasteiger partial charge in [0.1, 0.15) is 10.7 Å². The SMILES string of the molecule is Cc1ccc(S(N)(=O)=O)c(-c2noc(-c3ccccc3)c2Cl)c1C. The fourth-order valence-electron chi connectivity index (χ4n) is 2.53. The fraction of sp³-hybridized carbons (Fsp3) is 0.118. The monoisotopic (exact) mass is 362 g/mol. The Labute approximate surface area is 145 Å². The van der Waals surface area contributed by atoms with Gasteiger partial charge in [0, 0.05) is 11.1 Å². The maximum Gasteiger partial charge on any atom is 0.238 e. The normalized spacial score (nSPS) is 11.7. The average Bonchev–Trinajstić information content (AvgIpc) is 2.91. The van der Waals surface area contributed by atoms with Crippen LogP contribution in [0.5, 0.6) is 0 Å². The second-order valence-corrected chi connectivity index (χ2v) is 7.37.